The molecule has 0 amide bonds. The van der Waals surface area contributed by atoms with Crippen LogP contribution in [-0.2, 0) is 45.8 Å². The Morgan fingerprint density at radius 3 is 2.13 bits per heavy atom. The summed E-state index contributed by atoms with van der Waals surface area (Å²) in [6.07, 6.45) is -7.85. The van der Waals surface area contributed by atoms with Crippen LogP contribution < -0.4 is 17.0 Å². The first-order valence-corrected chi connectivity index (χ1v) is 18.2. The van der Waals surface area contributed by atoms with Crippen molar-refractivity contribution in [1.82, 2.24) is 34.1 Å². The van der Waals surface area contributed by atoms with Crippen LogP contribution in [0.25, 0.3) is 11.2 Å². The molecule has 2 fully saturated rings. The van der Waals surface area contributed by atoms with Crippen LogP contribution in [0.5, 0.6) is 0 Å². The van der Waals surface area contributed by atoms with Crippen molar-refractivity contribution in [2.24, 2.45) is 0 Å². The molecule has 0 spiro atoms. The molecule has 0 saturated carbocycles. The van der Waals surface area contributed by atoms with E-state index in [9.17, 15) is 29.3 Å². The number of phosphoric ester groups is 1. The number of H-pyrrole nitrogens is 1. The predicted molar refractivity (Wildman–Crippen MR) is 185 cm³/mol. The van der Waals surface area contributed by atoms with Crippen LogP contribution in [0.3, 0.4) is 0 Å². The molecular weight excluding hydrogens is 731 g/mol. The van der Waals surface area contributed by atoms with E-state index in [1.807, 2.05) is 36.4 Å². The number of rotatable bonds is 14. The van der Waals surface area contributed by atoms with Crippen molar-refractivity contribution < 1.29 is 47.7 Å². The summed E-state index contributed by atoms with van der Waals surface area (Å²) in [5.74, 6) is 0.0234. The van der Waals surface area contributed by atoms with E-state index in [0.29, 0.717) is 5.82 Å². The normalized spacial score (nSPS) is 26.7. The largest absolute Gasteiger partial charge is 0.472 e. The number of hydrogen-bond acceptors (Lipinski definition) is 16. The summed E-state index contributed by atoms with van der Waals surface area (Å²) >= 11 is 0. The Bertz CT molecular complexity index is 2220. The highest BCUT2D eigenvalue weighted by Gasteiger charge is 2.52. The minimum atomic E-state index is -5.07. The summed E-state index contributed by atoms with van der Waals surface area (Å²) in [6.45, 7) is 0.230. The van der Waals surface area contributed by atoms with Crippen molar-refractivity contribution in [2.75, 3.05) is 18.9 Å². The van der Waals surface area contributed by atoms with Gasteiger partial charge in [0.1, 0.15) is 48.8 Å². The molecule has 21 heteroatoms. The van der Waals surface area contributed by atoms with Gasteiger partial charge >= 0.3 is 13.5 Å². The summed E-state index contributed by atoms with van der Waals surface area (Å²) in [7, 11) is -5.07. The second kappa shape index (κ2) is 15.9. The van der Waals surface area contributed by atoms with Crippen molar-refractivity contribution in [1.29, 1.82) is 0 Å². The zero-order chi connectivity index (χ0) is 38.0. The van der Waals surface area contributed by atoms with Crippen LogP contribution in [0.2, 0.25) is 0 Å². The molecule has 54 heavy (non-hydrogen) atoms. The first-order valence-electron chi connectivity index (χ1n) is 16.7. The van der Waals surface area contributed by atoms with E-state index in [1.165, 1.54) is 10.9 Å². The number of aromatic nitrogens is 7. The van der Waals surface area contributed by atoms with E-state index in [4.69, 9.17) is 33.7 Å². The number of nitrogens with two attached hydrogens (primary N) is 1. The van der Waals surface area contributed by atoms with Crippen LogP contribution in [0.1, 0.15) is 29.4 Å². The average Bonchev–Trinajstić information content (AvgIpc) is 3.82. The highest BCUT2D eigenvalue weighted by molar-refractivity contribution is 7.47. The number of nitrogens with zero attached hydrogens (tertiary/aromatic N) is 6. The number of phosphoric acid groups is 1. The third-order valence-electron chi connectivity index (χ3n) is 8.85. The van der Waals surface area contributed by atoms with Gasteiger partial charge in [-0.1, -0.05) is 60.7 Å². The van der Waals surface area contributed by atoms with Crippen LogP contribution in [0.4, 0.5) is 5.95 Å². The third kappa shape index (κ3) is 8.03. The minimum Gasteiger partial charge on any atom is -0.394 e. The highest BCUT2D eigenvalue weighted by Crippen LogP contribution is 2.50. The molecule has 5 heterocycles. The average molecular weight is 769 g/mol. The fourth-order valence-electron chi connectivity index (χ4n) is 6.28. The molecule has 0 aliphatic carbocycles. The number of aliphatic hydroxyl groups is 2. The van der Waals surface area contributed by atoms with E-state index >= 15 is 0 Å². The Hall–Kier alpha value is -4.73. The van der Waals surface area contributed by atoms with Gasteiger partial charge in [-0.05, 0) is 18.1 Å². The Balaban J connectivity index is 1.11. The number of hydrogen-bond donors (Lipinski definition) is 5. The number of aryl methyl sites for hydroxylation is 1. The molecule has 0 radical (unpaired) electrons. The Kier molecular flexibility index (Phi) is 11.1. The molecule has 5 aromatic rings. The molecule has 2 saturated heterocycles. The standard InChI is InChI=1S/C33H37N8O12P/c1-18-37-28-23(29(44)38-18)35-16-40(28)31-27(49-14-20-10-6-3-7-11-20)25(21(12-42)51-31)53-54(46,47)50-15-22-24(43)26(48-13-19-8-4-2-5-9-19)30(52-22)41-17-36-32(34)39-33(41)45/h2-11,16-17,21-22,24-27,30-31,42-43H,12-15H2,1H3,(H,46,47)(H2,34,39,45)(H,37,38,44)/t21-,22-,24+,25+,26?,27?,30-,31-/m1/s1. The first-order chi connectivity index (χ1) is 26.0. The van der Waals surface area contributed by atoms with Crippen molar-refractivity contribution in [3.8, 4) is 0 Å². The molecule has 6 N–H and O–H groups in total. The number of nitrogens with one attached hydrogen (secondary N) is 1. The van der Waals surface area contributed by atoms with Crippen molar-refractivity contribution in [2.45, 2.75) is 69.2 Å². The Labute approximate surface area is 305 Å². The maximum atomic E-state index is 13.6. The monoisotopic (exact) mass is 768 g/mol. The lowest BCUT2D eigenvalue weighted by atomic mass is 10.1. The molecule has 3 aromatic heterocycles. The lowest BCUT2D eigenvalue weighted by Crippen LogP contribution is -2.39. The second-order valence-electron chi connectivity index (χ2n) is 12.5. The molecule has 20 nitrogen and oxygen atoms in total. The van der Waals surface area contributed by atoms with E-state index in [0.717, 1.165) is 22.0 Å². The highest BCUT2D eigenvalue weighted by atomic mass is 31.2. The summed E-state index contributed by atoms with van der Waals surface area (Å²) in [5, 5.41) is 21.7. The minimum absolute atomic E-state index is 0.00170. The number of fused-ring (bicyclic) bond motifs is 1. The van der Waals surface area contributed by atoms with Crippen molar-refractivity contribution in [3.05, 3.63) is 111 Å². The number of benzene rings is 2. The van der Waals surface area contributed by atoms with E-state index in [-0.39, 0.29) is 30.3 Å². The maximum absolute atomic E-state index is 13.6. The molecule has 286 valence electrons. The van der Waals surface area contributed by atoms with Gasteiger partial charge in [-0.2, -0.15) is 4.98 Å². The van der Waals surface area contributed by atoms with Crippen LogP contribution in [-0.4, -0.2) is 99.0 Å². The third-order valence-corrected chi connectivity index (χ3v) is 9.84. The molecule has 2 aromatic carbocycles. The number of aromatic amines is 1. The van der Waals surface area contributed by atoms with Gasteiger partial charge in [0.25, 0.3) is 5.56 Å². The maximum Gasteiger partial charge on any atom is 0.472 e. The summed E-state index contributed by atoms with van der Waals surface area (Å²) < 4.78 is 51.3. The zero-order valence-electron chi connectivity index (χ0n) is 28.6. The van der Waals surface area contributed by atoms with Crippen LogP contribution >= 0.6 is 7.82 Å². The van der Waals surface area contributed by atoms with Crippen molar-refractivity contribution >= 4 is 24.9 Å². The fraction of sp³-hybridized carbons (Fsp3) is 0.394. The van der Waals surface area contributed by atoms with Gasteiger partial charge in [-0.3, -0.25) is 23.0 Å². The topological polar surface area (TPSA) is 271 Å². The van der Waals surface area contributed by atoms with Gasteiger partial charge in [0.15, 0.2) is 23.6 Å². The van der Waals surface area contributed by atoms with Gasteiger partial charge in [0, 0.05) is 0 Å². The number of aliphatic hydroxyl groups excluding tert-OH is 2. The van der Waals surface area contributed by atoms with Crippen LogP contribution in [0.15, 0.2) is 82.9 Å². The summed E-state index contributed by atoms with van der Waals surface area (Å²) in [6, 6.07) is 18.1. The number of anilines is 1. The smallest absolute Gasteiger partial charge is 0.394 e. The van der Waals surface area contributed by atoms with Crippen molar-refractivity contribution in [3.63, 3.8) is 0 Å². The molecular formula is C33H37N8O12P. The quantitative estimate of drug-likeness (QED) is 0.0962. The summed E-state index contributed by atoms with van der Waals surface area (Å²) in [4.78, 5) is 55.0. The number of ether oxygens (including phenoxy) is 4. The molecule has 2 aliphatic rings. The Morgan fingerprint density at radius 1 is 0.870 bits per heavy atom. The zero-order valence-corrected chi connectivity index (χ0v) is 29.5. The van der Waals surface area contributed by atoms with Crippen LogP contribution in [0, 0.1) is 6.92 Å². The van der Waals surface area contributed by atoms with Gasteiger partial charge in [-0.25, -0.2) is 24.3 Å². The molecule has 9 atom stereocenters. The predicted octanol–water partition coefficient (Wildman–Crippen LogP) is 0.483. The lowest BCUT2D eigenvalue weighted by Gasteiger charge is -2.26. The summed E-state index contributed by atoms with van der Waals surface area (Å²) in [5.41, 5.74) is 5.91. The second-order valence-corrected chi connectivity index (χ2v) is 13.9. The van der Waals surface area contributed by atoms with E-state index in [1.54, 1.807) is 31.2 Å². The lowest BCUT2D eigenvalue weighted by molar-refractivity contribution is -0.0821. The SMILES string of the molecule is Cc1nc2c(ncn2[C@@H]2O[C@H](CO)[C@H](OP(=O)(O)OC[C@H]3O[C@@H](n4cnc(N)nc4=O)C(OCc4ccccc4)[C@H]3O)C2OCc2ccccc2)c(=O)[nH]1. The molecule has 0 bridgehead atoms. The van der Waals surface area contributed by atoms with E-state index < -0.39 is 81.4 Å². The van der Waals surface area contributed by atoms with E-state index in [2.05, 4.69) is 24.9 Å². The molecule has 2 aliphatic heterocycles. The van der Waals surface area contributed by atoms with Gasteiger partial charge in [0.2, 0.25) is 5.95 Å². The molecule has 3 unspecified atom stereocenters. The van der Waals surface area contributed by atoms with Gasteiger partial charge in [-0.15, -0.1) is 0 Å². The molecule has 7 rings (SSSR count). The van der Waals surface area contributed by atoms with Gasteiger partial charge < -0.3 is 44.8 Å². The van der Waals surface area contributed by atoms with Gasteiger partial charge in [0.05, 0.1) is 32.8 Å². The number of imidazole rings is 1. The fourth-order valence-corrected chi connectivity index (χ4v) is 7.24. The first kappa shape index (κ1) is 37.6. The number of nitrogen functional groups attached to an aromatic ring is 1. The Morgan fingerprint density at radius 2 is 1.48 bits per heavy atom.